The lowest BCUT2D eigenvalue weighted by atomic mass is 10.1. The summed E-state index contributed by atoms with van der Waals surface area (Å²) in [5.74, 6) is -0.329. The molecule has 3 rings (SSSR count). The fourth-order valence-corrected chi connectivity index (χ4v) is 3.26. The van der Waals surface area contributed by atoms with Crippen LogP contribution in [0.25, 0.3) is 11.1 Å². The number of benzene rings is 2. The Balaban J connectivity index is 1.67. The molecule has 5 nitrogen and oxygen atoms in total. The van der Waals surface area contributed by atoms with E-state index in [0.717, 1.165) is 12.1 Å². The van der Waals surface area contributed by atoms with Gasteiger partial charge in [-0.15, -0.1) is 0 Å². The van der Waals surface area contributed by atoms with E-state index in [9.17, 15) is 9.59 Å². The maximum Gasteiger partial charge on any atom is 0.321 e. The van der Waals surface area contributed by atoms with E-state index in [2.05, 4.69) is 34.9 Å². The minimum Gasteiger partial charge on any atom is -0.359 e. The van der Waals surface area contributed by atoms with Crippen LogP contribution in [-0.2, 0) is 11.2 Å². The summed E-state index contributed by atoms with van der Waals surface area (Å²) >= 11 is 0. The van der Waals surface area contributed by atoms with Crippen LogP contribution < -0.4 is 10.6 Å². The van der Waals surface area contributed by atoms with Crippen molar-refractivity contribution in [2.45, 2.75) is 13.3 Å². The molecule has 5 heteroatoms. The topological polar surface area (TPSA) is 61.4 Å². The molecular formula is C20H23N3O2. The second-order valence-corrected chi connectivity index (χ2v) is 6.53. The molecular weight excluding hydrogens is 314 g/mol. The van der Waals surface area contributed by atoms with Crippen molar-refractivity contribution in [3.63, 3.8) is 0 Å². The first-order valence-electron chi connectivity index (χ1n) is 8.44. The van der Waals surface area contributed by atoms with Gasteiger partial charge >= 0.3 is 6.03 Å². The molecule has 1 aliphatic rings. The average Bonchev–Trinajstić information content (AvgIpc) is 2.98. The van der Waals surface area contributed by atoms with Gasteiger partial charge in [-0.2, -0.15) is 0 Å². The lowest BCUT2D eigenvalue weighted by molar-refractivity contribution is -0.124. The van der Waals surface area contributed by atoms with Crippen LogP contribution in [0.1, 0.15) is 18.1 Å². The first-order valence-corrected chi connectivity index (χ1v) is 8.44. The number of rotatable bonds is 4. The molecule has 0 fully saturated rings. The van der Waals surface area contributed by atoms with E-state index in [4.69, 9.17) is 0 Å². The number of nitrogens with one attached hydrogen (secondary N) is 2. The monoisotopic (exact) mass is 337 g/mol. The predicted molar refractivity (Wildman–Crippen MR) is 99.6 cm³/mol. The van der Waals surface area contributed by atoms with E-state index < -0.39 is 0 Å². The lowest BCUT2D eigenvalue weighted by Crippen LogP contribution is -2.39. The molecule has 0 saturated carbocycles. The van der Waals surface area contributed by atoms with Gasteiger partial charge in [-0.25, -0.2) is 4.79 Å². The van der Waals surface area contributed by atoms with E-state index in [0.29, 0.717) is 6.54 Å². The van der Waals surface area contributed by atoms with Gasteiger partial charge in [0.25, 0.3) is 0 Å². The van der Waals surface area contributed by atoms with Crippen molar-refractivity contribution in [2.75, 3.05) is 26.0 Å². The Labute approximate surface area is 148 Å². The van der Waals surface area contributed by atoms with Crippen LogP contribution in [0, 0.1) is 5.92 Å². The zero-order valence-corrected chi connectivity index (χ0v) is 14.8. The smallest absolute Gasteiger partial charge is 0.321 e. The highest BCUT2D eigenvalue weighted by atomic mass is 16.2. The summed E-state index contributed by atoms with van der Waals surface area (Å²) in [6, 6.07) is 14.2. The van der Waals surface area contributed by atoms with Crippen molar-refractivity contribution in [3.05, 3.63) is 53.6 Å². The quantitative estimate of drug-likeness (QED) is 0.768. The number of nitrogens with zero attached hydrogens (tertiary/aromatic N) is 1. The fraction of sp³-hybridized carbons (Fsp3) is 0.300. The first-order chi connectivity index (χ1) is 12.0. The number of fused-ring (bicyclic) bond motifs is 3. The molecule has 0 aromatic heterocycles. The second-order valence-electron chi connectivity index (χ2n) is 6.53. The van der Waals surface area contributed by atoms with E-state index in [1.54, 1.807) is 21.0 Å². The molecule has 0 heterocycles. The van der Waals surface area contributed by atoms with Crippen LogP contribution in [0.15, 0.2) is 42.5 Å². The molecule has 0 saturated heterocycles. The van der Waals surface area contributed by atoms with Gasteiger partial charge < -0.3 is 15.5 Å². The summed E-state index contributed by atoms with van der Waals surface area (Å²) in [7, 11) is 3.29. The number of amides is 3. The van der Waals surface area contributed by atoms with Gasteiger partial charge in [0.15, 0.2) is 0 Å². The summed E-state index contributed by atoms with van der Waals surface area (Å²) in [6.45, 7) is 2.16. The fourth-order valence-electron chi connectivity index (χ4n) is 3.26. The van der Waals surface area contributed by atoms with Gasteiger partial charge in [0.1, 0.15) is 0 Å². The number of urea groups is 1. The molecule has 1 aliphatic carbocycles. The van der Waals surface area contributed by atoms with Crippen LogP contribution in [0.4, 0.5) is 10.5 Å². The Hall–Kier alpha value is -2.82. The standard InChI is InChI=1S/C20H23N3O2/c1-13(19(24)21-2)12-23(3)20(25)22-16-8-9-18-15(11-16)10-14-6-4-5-7-17(14)18/h4-9,11,13H,10,12H2,1-3H3,(H,21,24)(H,22,25). The van der Waals surface area contributed by atoms with Gasteiger partial charge in [0.2, 0.25) is 5.91 Å². The normalized spacial score (nSPS) is 12.8. The Morgan fingerprint density at radius 3 is 2.60 bits per heavy atom. The largest absolute Gasteiger partial charge is 0.359 e. The van der Waals surface area contributed by atoms with Crippen molar-refractivity contribution < 1.29 is 9.59 Å². The number of hydrogen-bond donors (Lipinski definition) is 2. The minimum atomic E-state index is -0.254. The van der Waals surface area contributed by atoms with Crippen molar-refractivity contribution in [2.24, 2.45) is 5.92 Å². The number of carbonyl (C=O) groups excluding carboxylic acids is 2. The van der Waals surface area contributed by atoms with Gasteiger partial charge in [-0.3, -0.25) is 4.79 Å². The zero-order valence-electron chi connectivity index (χ0n) is 14.8. The van der Waals surface area contributed by atoms with Crippen molar-refractivity contribution in [1.29, 1.82) is 0 Å². The molecule has 0 aliphatic heterocycles. The molecule has 0 spiro atoms. The molecule has 3 amide bonds. The number of anilines is 1. The van der Waals surface area contributed by atoms with E-state index in [-0.39, 0.29) is 17.9 Å². The van der Waals surface area contributed by atoms with E-state index >= 15 is 0 Å². The highest BCUT2D eigenvalue weighted by molar-refractivity contribution is 5.91. The highest BCUT2D eigenvalue weighted by Gasteiger charge is 2.20. The van der Waals surface area contributed by atoms with Crippen LogP contribution >= 0.6 is 0 Å². The molecule has 2 N–H and O–H groups in total. The third-order valence-electron chi connectivity index (χ3n) is 4.63. The minimum absolute atomic E-state index is 0.0741. The molecule has 25 heavy (non-hydrogen) atoms. The molecule has 1 atom stereocenters. The summed E-state index contributed by atoms with van der Waals surface area (Å²) in [6.07, 6.45) is 0.888. The summed E-state index contributed by atoms with van der Waals surface area (Å²) in [5.41, 5.74) is 5.82. The summed E-state index contributed by atoms with van der Waals surface area (Å²) in [5, 5.41) is 5.51. The molecule has 1 unspecified atom stereocenters. The molecule has 2 aromatic rings. The van der Waals surface area contributed by atoms with Gasteiger partial charge in [0, 0.05) is 26.3 Å². The first kappa shape index (κ1) is 17.0. The zero-order chi connectivity index (χ0) is 18.0. The van der Waals surface area contributed by atoms with Crippen LogP contribution in [0.5, 0.6) is 0 Å². The van der Waals surface area contributed by atoms with Crippen LogP contribution in [-0.4, -0.2) is 37.5 Å². The van der Waals surface area contributed by atoms with Crippen LogP contribution in [0.2, 0.25) is 0 Å². The van der Waals surface area contributed by atoms with Gasteiger partial charge in [0.05, 0.1) is 5.92 Å². The van der Waals surface area contributed by atoms with Crippen molar-refractivity contribution in [1.82, 2.24) is 10.2 Å². The SMILES string of the molecule is CNC(=O)C(C)CN(C)C(=O)Nc1ccc2c(c1)Cc1ccccc1-2. The lowest BCUT2D eigenvalue weighted by Gasteiger charge is -2.21. The van der Waals surface area contributed by atoms with Gasteiger partial charge in [-0.1, -0.05) is 37.3 Å². The van der Waals surface area contributed by atoms with Crippen molar-refractivity contribution >= 4 is 17.6 Å². The second kappa shape index (κ2) is 6.97. The third kappa shape index (κ3) is 3.50. The predicted octanol–water partition coefficient (Wildman–Crippen LogP) is 3.10. The Kier molecular flexibility index (Phi) is 4.74. The Morgan fingerprint density at radius 2 is 1.84 bits per heavy atom. The molecule has 0 radical (unpaired) electrons. The molecule has 0 bridgehead atoms. The number of hydrogen-bond acceptors (Lipinski definition) is 2. The molecule has 130 valence electrons. The number of carbonyl (C=O) groups is 2. The maximum absolute atomic E-state index is 12.4. The van der Waals surface area contributed by atoms with Crippen LogP contribution in [0.3, 0.4) is 0 Å². The highest BCUT2D eigenvalue weighted by Crippen LogP contribution is 2.37. The van der Waals surface area contributed by atoms with E-state index in [1.807, 2.05) is 18.2 Å². The van der Waals surface area contributed by atoms with Gasteiger partial charge in [-0.05, 0) is 40.8 Å². The summed E-state index contributed by atoms with van der Waals surface area (Å²) in [4.78, 5) is 25.5. The Morgan fingerprint density at radius 1 is 1.12 bits per heavy atom. The van der Waals surface area contributed by atoms with E-state index in [1.165, 1.54) is 27.2 Å². The molecule has 2 aromatic carbocycles. The average molecular weight is 337 g/mol. The Bertz CT molecular complexity index is 816. The maximum atomic E-state index is 12.4. The third-order valence-corrected chi connectivity index (χ3v) is 4.63. The van der Waals surface area contributed by atoms with Crippen molar-refractivity contribution in [3.8, 4) is 11.1 Å². The summed E-state index contributed by atoms with van der Waals surface area (Å²) < 4.78 is 0.